The maximum absolute atomic E-state index is 12.9. The van der Waals surface area contributed by atoms with Crippen molar-refractivity contribution < 1.29 is 4.79 Å². The Hall–Kier alpha value is -2.76. The van der Waals surface area contributed by atoms with Crippen LogP contribution < -0.4 is 0 Å². The van der Waals surface area contributed by atoms with Crippen molar-refractivity contribution in [1.82, 2.24) is 24.4 Å². The lowest BCUT2D eigenvalue weighted by atomic mass is 10.1. The minimum absolute atomic E-state index is 0.0313. The Kier molecular flexibility index (Phi) is 3.33. The van der Waals surface area contributed by atoms with Crippen LogP contribution in [-0.4, -0.2) is 36.9 Å². The molecule has 0 spiro atoms. The van der Waals surface area contributed by atoms with E-state index in [0.717, 1.165) is 40.2 Å². The molecule has 1 aliphatic heterocycles. The Morgan fingerprint density at radius 3 is 2.67 bits per heavy atom. The molecule has 0 fully saturated rings. The van der Waals surface area contributed by atoms with Gasteiger partial charge >= 0.3 is 0 Å². The third-order valence-electron chi connectivity index (χ3n) is 4.71. The number of aryl methyl sites for hydroxylation is 3. The highest BCUT2D eigenvalue weighted by Gasteiger charge is 2.24. The van der Waals surface area contributed by atoms with Crippen molar-refractivity contribution in [2.45, 2.75) is 26.8 Å². The number of rotatable bonds is 1. The molecule has 4 rings (SSSR count). The van der Waals surface area contributed by atoms with Crippen LogP contribution in [0.15, 0.2) is 24.5 Å². The highest BCUT2D eigenvalue weighted by molar-refractivity contribution is 5.97. The minimum atomic E-state index is 0.0313. The van der Waals surface area contributed by atoms with Crippen LogP contribution in [0, 0.1) is 13.8 Å². The normalized spacial score (nSPS) is 14.0. The number of benzene rings is 1. The first kappa shape index (κ1) is 14.8. The molecule has 0 N–H and O–H groups in total. The molecular weight excluding hydrogens is 302 g/mol. The molecule has 0 unspecified atom stereocenters. The quantitative estimate of drug-likeness (QED) is 0.689. The van der Waals surface area contributed by atoms with E-state index >= 15 is 0 Å². The second-order valence-corrected chi connectivity index (χ2v) is 6.32. The molecule has 0 bridgehead atoms. The van der Waals surface area contributed by atoms with Gasteiger partial charge in [-0.1, -0.05) is 0 Å². The van der Waals surface area contributed by atoms with E-state index in [0.29, 0.717) is 18.7 Å². The van der Waals surface area contributed by atoms with E-state index in [1.165, 1.54) is 0 Å². The number of hydrogen-bond donors (Lipinski definition) is 0. The van der Waals surface area contributed by atoms with Crippen molar-refractivity contribution in [2.75, 3.05) is 6.54 Å². The molecule has 6 nitrogen and oxygen atoms in total. The second-order valence-electron chi connectivity index (χ2n) is 6.32. The molecule has 2 aromatic heterocycles. The number of nitrogens with zero attached hydrogens (tertiary/aromatic N) is 5. The molecule has 1 aliphatic rings. The van der Waals surface area contributed by atoms with Gasteiger partial charge in [0.05, 0.1) is 46.7 Å². The van der Waals surface area contributed by atoms with E-state index in [-0.39, 0.29) is 5.91 Å². The third kappa shape index (κ3) is 2.35. The van der Waals surface area contributed by atoms with Crippen LogP contribution in [0.2, 0.25) is 0 Å². The lowest BCUT2D eigenvalue weighted by Gasteiger charge is -2.27. The molecule has 3 heterocycles. The Balaban J connectivity index is 1.66. The Labute approximate surface area is 140 Å². The van der Waals surface area contributed by atoms with E-state index in [9.17, 15) is 4.79 Å². The van der Waals surface area contributed by atoms with E-state index in [4.69, 9.17) is 0 Å². The highest BCUT2D eigenvalue weighted by Crippen LogP contribution is 2.21. The van der Waals surface area contributed by atoms with Gasteiger partial charge in [-0.05, 0) is 32.0 Å². The summed E-state index contributed by atoms with van der Waals surface area (Å²) in [5, 5.41) is 0. The average Bonchev–Trinajstić information content (AvgIpc) is 2.95. The summed E-state index contributed by atoms with van der Waals surface area (Å²) in [7, 11) is 1.97. The van der Waals surface area contributed by atoms with Crippen LogP contribution >= 0.6 is 0 Å². The van der Waals surface area contributed by atoms with Gasteiger partial charge in [0.1, 0.15) is 0 Å². The van der Waals surface area contributed by atoms with Crippen LogP contribution in [0.4, 0.5) is 0 Å². The van der Waals surface area contributed by atoms with Gasteiger partial charge in [-0.3, -0.25) is 4.79 Å². The molecule has 3 aromatic rings. The Bertz CT molecular complexity index is 959. The summed E-state index contributed by atoms with van der Waals surface area (Å²) < 4.78 is 1.99. The number of hydrogen-bond acceptors (Lipinski definition) is 4. The smallest absolute Gasteiger partial charge is 0.254 e. The van der Waals surface area contributed by atoms with Crippen molar-refractivity contribution in [2.24, 2.45) is 7.05 Å². The lowest BCUT2D eigenvalue weighted by molar-refractivity contribution is 0.0730. The van der Waals surface area contributed by atoms with Gasteiger partial charge in [0.15, 0.2) is 0 Å². The zero-order valence-corrected chi connectivity index (χ0v) is 14.1. The summed E-state index contributed by atoms with van der Waals surface area (Å²) in [5.41, 5.74) is 6.26. The van der Waals surface area contributed by atoms with Crippen molar-refractivity contribution in [3.05, 3.63) is 52.9 Å². The largest absolute Gasteiger partial charge is 0.336 e. The van der Waals surface area contributed by atoms with Gasteiger partial charge in [0.2, 0.25) is 0 Å². The Morgan fingerprint density at radius 2 is 1.88 bits per heavy atom. The number of carbonyl (C=O) groups excluding carboxylic acids is 1. The molecule has 0 saturated carbocycles. The lowest BCUT2D eigenvalue weighted by Crippen LogP contribution is -2.36. The fraction of sp³-hybridized carbons (Fsp3) is 0.333. The zero-order valence-electron chi connectivity index (χ0n) is 14.1. The van der Waals surface area contributed by atoms with Gasteiger partial charge in [-0.2, -0.15) is 0 Å². The van der Waals surface area contributed by atoms with Gasteiger partial charge < -0.3 is 9.47 Å². The van der Waals surface area contributed by atoms with Crippen molar-refractivity contribution in [3.8, 4) is 0 Å². The fourth-order valence-corrected chi connectivity index (χ4v) is 3.14. The fourth-order valence-electron chi connectivity index (χ4n) is 3.14. The Morgan fingerprint density at radius 1 is 1.12 bits per heavy atom. The molecular formula is C18H19N5O. The van der Waals surface area contributed by atoms with E-state index in [1.54, 1.807) is 0 Å². The van der Waals surface area contributed by atoms with Crippen LogP contribution in [0.3, 0.4) is 0 Å². The first-order chi connectivity index (χ1) is 11.5. The van der Waals surface area contributed by atoms with Crippen molar-refractivity contribution in [1.29, 1.82) is 0 Å². The van der Waals surface area contributed by atoms with Crippen LogP contribution in [-0.2, 0) is 20.0 Å². The molecule has 122 valence electrons. The maximum Gasteiger partial charge on any atom is 0.254 e. The van der Waals surface area contributed by atoms with E-state index < -0.39 is 0 Å². The number of carbonyl (C=O) groups is 1. The summed E-state index contributed by atoms with van der Waals surface area (Å²) in [6.07, 6.45) is 2.61. The first-order valence-corrected chi connectivity index (χ1v) is 8.06. The average molecular weight is 321 g/mol. The summed E-state index contributed by atoms with van der Waals surface area (Å²) in [6, 6.07) is 5.56. The molecule has 1 aromatic carbocycles. The first-order valence-electron chi connectivity index (χ1n) is 8.06. The minimum Gasteiger partial charge on any atom is -0.336 e. The number of fused-ring (bicyclic) bond motifs is 2. The third-order valence-corrected chi connectivity index (χ3v) is 4.71. The molecule has 24 heavy (non-hydrogen) atoms. The highest BCUT2D eigenvalue weighted by atomic mass is 16.2. The van der Waals surface area contributed by atoms with E-state index in [1.807, 2.05) is 54.9 Å². The molecule has 1 amide bonds. The van der Waals surface area contributed by atoms with Crippen LogP contribution in [0.1, 0.15) is 33.1 Å². The van der Waals surface area contributed by atoms with Crippen LogP contribution in [0.5, 0.6) is 0 Å². The summed E-state index contributed by atoms with van der Waals surface area (Å²) in [4.78, 5) is 28.2. The topological polar surface area (TPSA) is 63.9 Å². The van der Waals surface area contributed by atoms with Crippen molar-refractivity contribution in [3.63, 3.8) is 0 Å². The zero-order chi connectivity index (χ0) is 16.8. The maximum atomic E-state index is 12.9. The summed E-state index contributed by atoms with van der Waals surface area (Å²) in [6.45, 7) is 5.17. The number of amides is 1. The second kappa shape index (κ2) is 5.40. The van der Waals surface area contributed by atoms with Gasteiger partial charge in [0.25, 0.3) is 5.91 Å². The summed E-state index contributed by atoms with van der Waals surface area (Å²) in [5.74, 6) is 0.0313. The molecule has 6 heteroatoms. The standard InChI is InChI=1S/C18H19N5O/c1-11-12(2)21-16-8-13(4-5-14(16)20-11)18(24)23-7-6-15-17(9-23)22(3)10-19-15/h4-5,8,10H,6-7,9H2,1-3H3. The molecule has 0 aliphatic carbocycles. The molecule has 0 atom stereocenters. The molecule has 0 saturated heterocycles. The number of aromatic nitrogens is 4. The predicted molar refractivity (Wildman–Crippen MR) is 90.7 cm³/mol. The SMILES string of the molecule is Cc1nc2ccc(C(=O)N3CCc4ncn(C)c4C3)cc2nc1C. The van der Waals surface area contributed by atoms with Gasteiger partial charge in [-0.15, -0.1) is 0 Å². The molecule has 0 radical (unpaired) electrons. The van der Waals surface area contributed by atoms with Gasteiger partial charge in [0, 0.05) is 25.6 Å². The summed E-state index contributed by atoms with van der Waals surface area (Å²) >= 11 is 0. The predicted octanol–water partition coefficient (Wildman–Crippen LogP) is 2.18. The number of imidazole rings is 1. The van der Waals surface area contributed by atoms with Crippen molar-refractivity contribution >= 4 is 16.9 Å². The van der Waals surface area contributed by atoms with Crippen LogP contribution in [0.25, 0.3) is 11.0 Å². The monoisotopic (exact) mass is 321 g/mol. The van der Waals surface area contributed by atoms with Gasteiger partial charge in [-0.25, -0.2) is 15.0 Å². The van der Waals surface area contributed by atoms with E-state index in [2.05, 4.69) is 15.0 Å².